The number of imidazole rings is 1. The van der Waals surface area contributed by atoms with Crippen LogP contribution in [-0.2, 0) is 20.7 Å². The first-order valence-electron chi connectivity index (χ1n) is 13.5. The number of carboxylic acids is 1. The molecule has 1 unspecified atom stereocenters. The van der Waals surface area contributed by atoms with Crippen LogP contribution in [0.15, 0.2) is 41.7 Å². The van der Waals surface area contributed by atoms with E-state index < -0.39 is 48.3 Å². The highest BCUT2D eigenvalue weighted by atomic mass is 35.5. The number of hydrogen-bond donors (Lipinski definition) is 4. The van der Waals surface area contributed by atoms with E-state index in [1.54, 1.807) is 17.7 Å². The number of carbonyl (C=O) groups is 1. The van der Waals surface area contributed by atoms with Crippen LogP contribution < -0.4 is 5.32 Å². The van der Waals surface area contributed by atoms with Gasteiger partial charge in [0.05, 0.1) is 18.5 Å². The van der Waals surface area contributed by atoms with E-state index in [-0.39, 0.29) is 17.4 Å². The van der Waals surface area contributed by atoms with Crippen LogP contribution in [0.5, 0.6) is 0 Å². The molecule has 6 rings (SSSR count). The summed E-state index contributed by atoms with van der Waals surface area (Å²) < 4.78 is 13.7. The van der Waals surface area contributed by atoms with Gasteiger partial charge in [-0.3, -0.25) is 9.56 Å². The quantitative estimate of drug-likeness (QED) is 0.185. The predicted octanol–water partition coefficient (Wildman–Crippen LogP) is 2.15. The number of carboxylic acid groups (broad SMARTS) is 1. The number of thioether (sulfide) groups is 1. The van der Waals surface area contributed by atoms with Crippen molar-refractivity contribution in [2.75, 3.05) is 24.2 Å². The van der Waals surface area contributed by atoms with Crippen LogP contribution in [0.4, 0.5) is 5.82 Å². The summed E-state index contributed by atoms with van der Waals surface area (Å²) in [6, 6.07) is 8.36. The van der Waals surface area contributed by atoms with Crippen LogP contribution in [0, 0.1) is 18.3 Å². The zero-order chi connectivity index (χ0) is 29.5. The average Bonchev–Trinajstić information content (AvgIpc) is 3.35. The summed E-state index contributed by atoms with van der Waals surface area (Å²) in [5.74, 6) is 2.43. The van der Waals surface area contributed by atoms with Gasteiger partial charge in [-0.1, -0.05) is 36.3 Å². The van der Waals surface area contributed by atoms with Gasteiger partial charge < -0.3 is 30.1 Å². The molecular weight excluding hydrogens is 584 g/mol. The lowest BCUT2D eigenvalue weighted by Gasteiger charge is -2.35. The van der Waals surface area contributed by atoms with Gasteiger partial charge in [0, 0.05) is 18.7 Å². The molecule has 0 radical (unpaired) electrons. The molecule has 2 aromatic heterocycles. The van der Waals surface area contributed by atoms with E-state index in [1.807, 2.05) is 18.2 Å². The topological polar surface area (TPSA) is 164 Å². The van der Waals surface area contributed by atoms with Gasteiger partial charge >= 0.3 is 5.97 Å². The summed E-state index contributed by atoms with van der Waals surface area (Å²) in [4.78, 5) is 30.2. The minimum atomic E-state index is -2.23. The number of rotatable bonds is 11. The minimum absolute atomic E-state index is 0.0110. The summed E-state index contributed by atoms with van der Waals surface area (Å²) >= 11 is 7.60. The van der Waals surface area contributed by atoms with Crippen molar-refractivity contribution in [1.82, 2.24) is 19.5 Å². The average molecular weight is 613 g/mol. The van der Waals surface area contributed by atoms with Crippen molar-refractivity contribution in [2.24, 2.45) is 10.9 Å². The smallest absolute Gasteiger partial charge is 0.338 e. The molecule has 220 valence electrons. The predicted molar refractivity (Wildman–Crippen MR) is 156 cm³/mol. The first-order chi connectivity index (χ1) is 20.2. The molecule has 1 aliphatic carbocycles. The molecule has 2 fully saturated rings. The second kappa shape index (κ2) is 11.4. The highest BCUT2D eigenvalue weighted by Gasteiger charge is 2.57. The molecule has 42 heavy (non-hydrogen) atoms. The molecule has 0 bridgehead atoms. The van der Waals surface area contributed by atoms with E-state index in [9.17, 15) is 20.1 Å². The van der Waals surface area contributed by atoms with Crippen molar-refractivity contribution in [3.05, 3.63) is 47.5 Å². The number of terminal acetylenes is 1. The number of nitrogens with one attached hydrogen (secondary N) is 1. The van der Waals surface area contributed by atoms with Gasteiger partial charge in [-0.05, 0) is 35.9 Å². The molecular formula is C28H29ClN6O6S. The van der Waals surface area contributed by atoms with Crippen molar-refractivity contribution in [3.8, 4) is 12.3 Å². The Hall–Kier alpha value is -3.25. The van der Waals surface area contributed by atoms with Crippen molar-refractivity contribution in [1.29, 1.82) is 0 Å². The van der Waals surface area contributed by atoms with Crippen LogP contribution in [0.2, 0.25) is 5.28 Å². The van der Waals surface area contributed by atoms with Crippen molar-refractivity contribution in [3.63, 3.8) is 0 Å². The number of aliphatic hydroxyl groups excluding tert-OH is 1. The number of aliphatic hydroxyl groups is 2. The second-order valence-corrected chi connectivity index (χ2v) is 11.9. The van der Waals surface area contributed by atoms with Crippen LogP contribution in [0.1, 0.15) is 24.6 Å². The van der Waals surface area contributed by atoms with E-state index in [0.29, 0.717) is 29.6 Å². The molecule has 0 spiro atoms. The Kier molecular flexibility index (Phi) is 7.86. The Labute approximate surface area is 250 Å². The molecule has 3 aromatic rings. The van der Waals surface area contributed by atoms with E-state index in [4.69, 9.17) is 27.5 Å². The minimum Gasteiger partial charge on any atom is -0.479 e. The van der Waals surface area contributed by atoms with Crippen molar-refractivity contribution >= 4 is 51.9 Å². The van der Waals surface area contributed by atoms with Gasteiger partial charge in [-0.25, -0.2) is 9.78 Å². The number of halogens is 1. The molecule has 4 heterocycles. The highest BCUT2D eigenvalue weighted by molar-refractivity contribution is 8.12. The van der Waals surface area contributed by atoms with Gasteiger partial charge in [-0.15, -0.1) is 18.2 Å². The fourth-order valence-corrected chi connectivity index (χ4v) is 6.32. The normalized spacial score (nSPS) is 28.5. The van der Waals surface area contributed by atoms with Gasteiger partial charge in [0.1, 0.15) is 18.2 Å². The van der Waals surface area contributed by atoms with Crippen molar-refractivity contribution in [2.45, 2.75) is 54.9 Å². The Bertz CT molecular complexity index is 1550. The largest absolute Gasteiger partial charge is 0.479 e. The summed E-state index contributed by atoms with van der Waals surface area (Å²) in [6.45, 7) is 0.270. The fourth-order valence-electron chi connectivity index (χ4n) is 5.30. The molecule has 3 aliphatic rings. The third-order valence-electron chi connectivity index (χ3n) is 7.94. The lowest BCUT2D eigenvalue weighted by Crippen LogP contribution is -2.56. The SMILES string of the molecule is C#C[C@@]1(O)[C@@H](CO[C@](Cc2ccccc2)(C(=O)O)C2CSC=N2)O[C@@H](n2cnc3c(NCC4CC4)nc(Cl)nc32)[C@@H]1O. The molecule has 4 N–H and O–H groups in total. The molecule has 1 aromatic carbocycles. The summed E-state index contributed by atoms with van der Waals surface area (Å²) in [5, 5.41) is 36.4. The van der Waals surface area contributed by atoms with Gasteiger partial charge in [0.15, 0.2) is 34.4 Å². The Morgan fingerprint density at radius 2 is 2.12 bits per heavy atom. The molecule has 1 saturated heterocycles. The van der Waals surface area contributed by atoms with Gasteiger partial charge in [0.25, 0.3) is 0 Å². The van der Waals surface area contributed by atoms with E-state index in [1.165, 1.54) is 22.7 Å². The summed E-state index contributed by atoms with van der Waals surface area (Å²) in [5.41, 5.74) is -1.00. The van der Waals surface area contributed by atoms with Crippen LogP contribution in [-0.4, -0.2) is 94.7 Å². The molecule has 14 heteroatoms. The molecule has 0 amide bonds. The molecule has 1 saturated carbocycles. The number of benzene rings is 1. The Morgan fingerprint density at radius 1 is 1.33 bits per heavy atom. The highest BCUT2D eigenvalue weighted by Crippen LogP contribution is 2.40. The zero-order valence-corrected chi connectivity index (χ0v) is 23.9. The van der Waals surface area contributed by atoms with E-state index >= 15 is 0 Å². The summed E-state index contributed by atoms with van der Waals surface area (Å²) in [6.07, 6.45) is 5.22. The van der Waals surface area contributed by atoms with Gasteiger partial charge in [0.2, 0.25) is 5.28 Å². The zero-order valence-electron chi connectivity index (χ0n) is 22.3. The standard InChI is InChI=1S/C28H29ClN6O6S/c1-2-27(39)19(12-40-28(25(37)38,18-13-42-15-32-18)10-16-6-4-3-5-7-16)41-24(21(27)36)35-14-31-20-22(30-11-17-8-9-17)33-26(29)34-23(20)35/h1,3-7,14-15,17-19,21,24,36,39H,8-13H2,(H,37,38)(H,30,33,34)/t18?,19-,21+,24-,27-,28+/m1/s1. The molecule has 6 atom stereocenters. The van der Waals surface area contributed by atoms with Crippen molar-refractivity contribution < 1.29 is 29.6 Å². The number of aromatic nitrogens is 4. The fraction of sp³-hybridized carbons (Fsp3) is 0.464. The summed E-state index contributed by atoms with van der Waals surface area (Å²) in [7, 11) is 0. The monoisotopic (exact) mass is 612 g/mol. The third-order valence-corrected chi connectivity index (χ3v) is 8.89. The number of nitrogens with zero attached hydrogens (tertiary/aromatic N) is 5. The number of anilines is 1. The number of aliphatic carboxylic acids is 1. The molecule has 2 aliphatic heterocycles. The Morgan fingerprint density at radius 3 is 2.79 bits per heavy atom. The first kappa shape index (κ1) is 28.9. The van der Waals surface area contributed by atoms with Crippen LogP contribution in [0.25, 0.3) is 11.2 Å². The number of aliphatic imine (C=N–C) groups is 1. The first-order valence-corrected chi connectivity index (χ1v) is 14.9. The van der Waals surface area contributed by atoms with Crippen LogP contribution >= 0.6 is 23.4 Å². The maximum Gasteiger partial charge on any atom is 0.338 e. The lowest BCUT2D eigenvalue weighted by atomic mass is 9.87. The third kappa shape index (κ3) is 5.23. The van der Waals surface area contributed by atoms with E-state index in [0.717, 1.165) is 18.4 Å². The van der Waals surface area contributed by atoms with Crippen LogP contribution in [0.3, 0.4) is 0 Å². The number of hydrogen-bond acceptors (Lipinski definition) is 11. The second-order valence-electron chi connectivity index (χ2n) is 10.7. The number of fused-ring (bicyclic) bond motifs is 1. The molecule has 12 nitrogen and oxygen atoms in total. The maximum atomic E-state index is 12.8. The van der Waals surface area contributed by atoms with Gasteiger partial charge in [-0.2, -0.15) is 9.97 Å². The lowest BCUT2D eigenvalue weighted by molar-refractivity contribution is -0.178. The number of ether oxygens (including phenoxy) is 2. The maximum absolute atomic E-state index is 12.8. The van der Waals surface area contributed by atoms with E-state index in [2.05, 4.69) is 31.2 Å². The Balaban J connectivity index is 1.29.